The Morgan fingerprint density at radius 1 is 1.30 bits per heavy atom. The lowest BCUT2D eigenvalue weighted by Crippen LogP contribution is -2.50. The fraction of sp³-hybridized carbons (Fsp3) is 1.00. The molecule has 0 aromatic carbocycles. The molecule has 4 heteroatoms. The standard InChI is InChI=1S/C16H34N2O2/c1-5-15(6-2)18(7-9-19)13-16-12-17(8-10-20-16)11-14(3)4/h14-16,19H,5-13H2,1-4H3. The zero-order chi connectivity index (χ0) is 15.0. The van der Waals surface area contributed by atoms with Crippen LogP contribution in [-0.4, -0.2) is 73.0 Å². The van der Waals surface area contributed by atoms with E-state index in [0.29, 0.717) is 12.0 Å². The predicted octanol–water partition coefficient (Wildman–Crippen LogP) is 1.83. The van der Waals surface area contributed by atoms with Crippen molar-refractivity contribution in [2.75, 3.05) is 45.9 Å². The Bertz CT molecular complexity index is 245. The van der Waals surface area contributed by atoms with Crippen LogP contribution in [0.1, 0.15) is 40.5 Å². The summed E-state index contributed by atoms with van der Waals surface area (Å²) in [5.41, 5.74) is 0. The second-order valence-electron chi connectivity index (χ2n) is 6.34. The summed E-state index contributed by atoms with van der Waals surface area (Å²) in [6, 6.07) is 0.561. The molecule has 0 spiro atoms. The first-order valence-electron chi connectivity index (χ1n) is 8.29. The van der Waals surface area contributed by atoms with Crippen LogP contribution in [0, 0.1) is 5.92 Å². The van der Waals surface area contributed by atoms with Crippen LogP contribution < -0.4 is 0 Å². The van der Waals surface area contributed by atoms with E-state index in [9.17, 15) is 5.11 Å². The molecule has 1 heterocycles. The third-order valence-corrected chi connectivity index (χ3v) is 4.13. The number of ether oxygens (including phenoxy) is 1. The molecule has 1 atom stereocenters. The first-order chi connectivity index (χ1) is 9.60. The maximum absolute atomic E-state index is 9.28. The number of nitrogens with zero attached hydrogens (tertiary/aromatic N) is 2. The molecule has 1 aliphatic heterocycles. The molecule has 1 aliphatic rings. The van der Waals surface area contributed by atoms with Crippen LogP contribution in [0.15, 0.2) is 0 Å². The predicted molar refractivity (Wildman–Crippen MR) is 84.0 cm³/mol. The lowest BCUT2D eigenvalue weighted by atomic mass is 10.1. The third kappa shape index (κ3) is 6.08. The van der Waals surface area contributed by atoms with E-state index in [1.807, 2.05) is 0 Å². The quantitative estimate of drug-likeness (QED) is 0.701. The highest BCUT2D eigenvalue weighted by atomic mass is 16.5. The number of aliphatic hydroxyl groups excluding tert-OH is 1. The van der Waals surface area contributed by atoms with Gasteiger partial charge in [0.1, 0.15) is 0 Å². The van der Waals surface area contributed by atoms with Crippen LogP contribution in [0.25, 0.3) is 0 Å². The lowest BCUT2D eigenvalue weighted by Gasteiger charge is -2.38. The number of hydrogen-bond acceptors (Lipinski definition) is 4. The van der Waals surface area contributed by atoms with Gasteiger partial charge in [0.05, 0.1) is 19.3 Å². The van der Waals surface area contributed by atoms with Gasteiger partial charge in [-0.25, -0.2) is 0 Å². The normalized spacial score (nSPS) is 21.3. The Labute approximate surface area is 125 Å². The highest BCUT2D eigenvalue weighted by molar-refractivity contribution is 4.78. The Hall–Kier alpha value is -0.160. The molecule has 0 aromatic rings. The number of hydrogen-bond donors (Lipinski definition) is 1. The van der Waals surface area contributed by atoms with E-state index in [2.05, 4.69) is 37.5 Å². The maximum Gasteiger partial charge on any atom is 0.0829 e. The van der Waals surface area contributed by atoms with E-state index in [-0.39, 0.29) is 12.7 Å². The third-order valence-electron chi connectivity index (χ3n) is 4.13. The molecule has 1 fully saturated rings. The largest absolute Gasteiger partial charge is 0.395 e. The van der Waals surface area contributed by atoms with Crippen molar-refractivity contribution in [3.05, 3.63) is 0 Å². The molecule has 0 amide bonds. The molecule has 1 N–H and O–H groups in total. The average molecular weight is 286 g/mol. The van der Waals surface area contributed by atoms with Gasteiger partial charge in [0.25, 0.3) is 0 Å². The van der Waals surface area contributed by atoms with Gasteiger partial charge in [0.2, 0.25) is 0 Å². The molecule has 1 saturated heterocycles. The zero-order valence-electron chi connectivity index (χ0n) is 13.8. The van der Waals surface area contributed by atoms with E-state index in [1.54, 1.807) is 0 Å². The highest BCUT2D eigenvalue weighted by Gasteiger charge is 2.25. The average Bonchev–Trinajstić information content (AvgIpc) is 2.40. The van der Waals surface area contributed by atoms with Crippen LogP contribution in [-0.2, 0) is 4.74 Å². The molecule has 0 aromatic heterocycles. The topological polar surface area (TPSA) is 35.9 Å². The molecule has 0 bridgehead atoms. The minimum absolute atomic E-state index is 0.235. The molecule has 0 saturated carbocycles. The van der Waals surface area contributed by atoms with Gasteiger partial charge in [-0.1, -0.05) is 27.7 Å². The SMILES string of the molecule is CCC(CC)N(CCO)CC1CN(CC(C)C)CCO1. The van der Waals surface area contributed by atoms with Gasteiger partial charge in [-0.05, 0) is 18.8 Å². The summed E-state index contributed by atoms with van der Waals surface area (Å²) in [6.07, 6.45) is 2.56. The van der Waals surface area contributed by atoms with E-state index in [1.165, 1.54) is 0 Å². The van der Waals surface area contributed by atoms with Crippen LogP contribution in [0.4, 0.5) is 0 Å². The van der Waals surface area contributed by atoms with Crippen molar-refractivity contribution < 1.29 is 9.84 Å². The molecule has 0 radical (unpaired) electrons. The highest BCUT2D eigenvalue weighted by Crippen LogP contribution is 2.14. The smallest absolute Gasteiger partial charge is 0.0829 e. The molecule has 4 nitrogen and oxygen atoms in total. The minimum atomic E-state index is 0.235. The number of morpholine rings is 1. The van der Waals surface area contributed by atoms with E-state index < -0.39 is 0 Å². The van der Waals surface area contributed by atoms with Crippen molar-refractivity contribution in [3.8, 4) is 0 Å². The zero-order valence-corrected chi connectivity index (χ0v) is 13.8. The van der Waals surface area contributed by atoms with Crippen molar-refractivity contribution in [2.24, 2.45) is 5.92 Å². The summed E-state index contributed by atoms with van der Waals surface area (Å²) in [5.74, 6) is 0.710. The molecule has 20 heavy (non-hydrogen) atoms. The van der Waals surface area contributed by atoms with Gasteiger partial charge >= 0.3 is 0 Å². The van der Waals surface area contributed by atoms with Crippen molar-refractivity contribution in [1.82, 2.24) is 9.80 Å². The van der Waals surface area contributed by atoms with Crippen LogP contribution in [0.2, 0.25) is 0 Å². The van der Waals surface area contributed by atoms with Crippen molar-refractivity contribution >= 4 is 0 Å². The maximum atomic E-state index is 9.28. The molecule has 1 rings (SSSR count). The second kappa shape index (κ2) is 9.72. The van der Waals surface area contributed by atoms with Gasteiger partial charge in [-0.15, -0.1) is 0 Å². The second-order valence-corrected chi connectivity index (χ2v) is 6.34. The Morgan fingerprint density at radius 3 is 2.55 bits per heavy atom. The van der Waals surface area contributed by atoms with E-state index >= 15 is 0 Å². The van der Waals surface area contributed by atoms with Crippen molar-refractivity contribution in [3.63, 3.8) is 0 Å². The summed E-state index contributed by atoms with van der Waals surface area (Å²) in [4.78, 5) is 4.92. The van der Waals surface area contributed by atoms with Crippen molar-refractivity contribution in [1.29, 1.82) is 0 Å². The Morgan fingerprint density at radius 2 is 2.00 bits per heavy atom. The van der Waals surface area contributed by atoms with Gasteiger partial charge < -0.3 is 9.84 Å². The first kappa shape index (κ1) is 17.9. The van der Waals surface area contributed by atoms with Crippen LogP contribution in [0.5, 0.6) is 0 Å². The minimum Gasteiger partial charge on any atom is -0.395 e. The number of aliphatic hydroxyl groups is 1. The summed E-state index contributed by atoms with van der Waals surface area (Å²) in [5, 5.41) is 9.28. The van der Waals surface area contributed by atoms with Gasteiger partial charge in [-0.3, -0.25) is 9.80 Å². The summed E-state index contributed by atoms with van der Waals surface area (Å²) in [7, 11) is 0. The molecular weight excluding hydrogens is 252 g/mol. The summed E-state index contributed by atoms with van der Waals surface area (Å²) in [6.45, 7) is 15.0. The molecular formula is C16H34N2O2. The van der Waals surface area contributed by atoms with E-state index in [0.717, 1.165) is 52.2 Å². The fourth-order valence-corrected chi connectivity index (χ4v) is 3.19. The van der Waals surface area contributed by atoms with Crippen LogP contribution in [0.3, 0.4) is 0 Å². The molecule has 1 unspecified atom stereocenters. The summed E-state index contributed by atoms with van der Waals surface area (Å²) >= 11 is 0. The first-order valence-corrected chi connectivity index (χ1v) is 8.29. The number of rotatable bonds is 9. The van der Waals surface area contributed by atoms with Gasteiger partial charge in [0.15, 0.2) is 0 Å². The van der Waals surface area contributed by atoms with Crippen LogP contribution >= 0.6 is 0 Å². The fourth-order valence-electron chi connectivity index (χ4n) is 3.19. The lowest BCUT2D eigenvalue weighted by molar-refractivity contribution is -0.0532. The summed E-state index contributed by atoms with van der Waals surface area (Å²) < 4.78 is 5.94. The monoisotopic (exact) mass is 286 g/mol. The van der Waals surface area contributed by atoms with Crippen molar-refractivity contribution in [2.45, 2.75) is 52.7 Å². The Kier molecular flexibility index (Phi) is 8.69. The van der Waals surface area contributed by atoms with Gasteiger partial charge in [0, 0.05) is 38.8 Å². The van der Waals surface area contributed by atoms with Gasteiger partial charge in [-0.2, -0.15) is 0 Å². The van der Waals surface area contributed by atoms with E-state index in [4.69, 9.17) is 4.74 Å². The molecule has 0 aliphatic carbocycles. The molecule has 120 valence electrons. The Balaban J connectivity index is 2.50.